The molecule has 0 unspecified atom stereocenters. The molecule has 2 aliphatic heterocycles. The van der Waals surface area contributed by atoms with Crippen LogP contribution in [0.2, 0.25) is 0 Å². The minimum atomic E-state index is -3.92. The molecule has 0 spiro atoms. The van der Waals surface area contributed by atoms with Gasteiger partial charge in [0.05, 0.1) is 25.2 Å². The Hall–Kier alpha value is -2.01. The number of allylic oxidation sites excluding steroid dienone is 1. The Morgan fingerprint density at radius 3 is 2.05 bits per heavy atom. The molecule has 41 heavy (non-hydrogen) atoms. The molecule has 1 amide bonds. The van der Waals surface area contributed by atoms with Gasteiger partial charge in [-0.05, 0) is 53.3 Å². The molecule has 2 heterocycles. The Balaban J connectivity index is 2.37. The van der Waals surface area contributed by atoms with Crippen LogP contribution >= 0.6 is 6.57 Å². The molecule has 0 radical (unpaired) electrons. The average molecular weight is 636 g/mol. The van der Waals surface area contributed by atoms with E-state index in [0.29, 0.717) is 11.1 Å². The molecule has 0 aromatic carbocycles. The summed E-state index contributed by atoms with van der Waals surface area (Å²) in [6.45, 7) is 3.69. The van der Waals surface area contributed by atoms with Gasteiger partial charge in [-0.25, -0.2) is 27.7 Å². The van der Waals surface area contributed by atoms with Gasteiger partial charge < -0.3 is 23.8 Å². The number of hydrogen-bond acceptors (Lipinski definition) is 10. The molecule has 0 aromatic heterocycles. The van der Waals surface area contributed by atoms with E-state index in [2.05, 4.69) is 10.2 Å². The van der Waals surface area contributed by atoms with Crippen molar-refractivity contribution < 1.29 is 60.6 Å². The molecule has 0 bridgehead atoms. The van der Waals surface area contributed by atoms with Crippen LogP contribution in [0.4, 0.5) is 17.6 Å². The maximum absolute atomic E-state index is 15.4. The Morgan fingerprint density at radius 1 is 1.12 bits per heavy atom. The van der Waals surface area contributed by atoms with Crippen LogP contribution in [-0.2, 0) is 49.7 Å². The van der Waals surface area contributed by atoms with Gasteiger partial charge in [0, 0.05) is 6.20 Å². The molecule has 0 aromatic rings. The van der Waals surface area contributed by atoms with Crippen molar-refractivity contribution in [3.63, 3.8) is 0 Å². The lowest BCUT2D eigenvalue weighted by Gasteiger charge is -2.35. The van der Waals surface area contributed by atoms with Crippen LogP contribution in [0.5, 0.6) is 0 Å². The van der Waals surface area contributed by atoms with Crippen molar-refractivity contribution in [1.29, 1.82) is 0 Å². The minimum Gasteiger partial charge on any atom is -0.462 e. The summed E-state index contributed by atoms with van der Waals surface area (Å²) in [6.07, 6.45) is -12.9. The number of Topliss-reactive ketones (excluding diaryl/α,β-unsaturated/α-hetero) is 1. The number of ketones is 1. The second kappa shape index (κ2) is 14.0. The number of halogens is 4. The van der Waals surface area contributed by atoms with Crippen molar-refractivity contribution in [2.75, 3.05) is 6.61 Å². The summed E-state index contributed by atoms with van der Waals surface area (Å²) >= 11 is 5.47. The number of aliphatic hydroxyl groups is 1. The number of carbonyl (C=O) groups is 4. The predicted molar refractivity (Wildman–Crippen MR) is 138 cm³/mol. The van der Waals surface area contributed by atoms with Gasteiger partial charge in [-0.3, -0.25) is 24.1 Å². The summed E-state index contributed by atoms with van der Waals surface area (Å²) in [5.74, 6) is -5.34. The highest BCUT2D eigenvalue weighted by Gasteiger charge is 2.63. The van der Waals surface area contributed by atoms with Crippen molar-refractivity contribution in [3.05, 3.63) is 12.0 Å². The first-order chi connectivity index (χ1) is 18.8. The Bertz CT molecular complexity index is 1060. The third-order valence-corrected chi connectivity index (χ3v) is 8.67. The quantitative estimate of drug-likeness (QED) is 0.117. The van der Waals surface area contributed by atoms with Crippen LogP contribution < -0.4 is 10.2 Å². The SMILES string of the molecule is CC(C)OC(=O)[C@H](C)NP(=S)(N[C@@H](C)C(=O)OC(C)C)OC[C@@]1(C(F)F)O[C@@H](N2C=C(F)C(=O)CC2=O)[C@H](O)[C@H]1F. The second-order valence-electron chi connectivity index (χ2n) is 10.0. The fourth-order valence-corrected chi connectivity index (χ4v) is 6.69. The van der Waals surface area contributed by atoms with Crippen LogP contribution in [0.3, 0.4) is 0 Å². The average Bonchev–Trinajstić information content (AvgIpc) is 3.10. The standard InChI is InChI=1S/C23H34F4N3O9PS/c1-10(2)37-20(34)12(5)28-40(41,29-13(6)21(35)38-11(3)4)36-9-23(22(26)27)18(25)17(33)19(39-23)30-8-14(24)15(31)7-16(30)32/h8,10-13,17-19,22,33H,7,9H2,1-6H3,(H2,28,29,41)/t12-,13-,17+,18+,19+,23+/m0/s1. The third-order valence-electron chi connectivity index (χ3n) is 5.77. The normalized spacial score (nSPS) is 26.9. The van der Waals surface area contributed by atoms with Crippen LogP contribution in [0, 0.1) is 0 Å². The Labute approximate surface area is 239 Å². The first-order valence-electron chi connectivity index (χ1n) is 12.5. The summed E-state index contributed by atoms with van der Waals surface area (Å²) in [7, 11) is 0. The van der Waals surface area contributed by atoms with Crippen LogP contribution in [0.1, 0.15) is 48.0 Å². The van der Waals surface area contributed by atoms with Gasteiger partial charge >= 0.3 is 11.9 Å². The second-order valence-corrected chi connectivity index (χ2v) is 13.5. The molecular formula is C23H34F4N3O9PS. The monoisotopic (exact) mass is 635 g/mol. The van der Waals surface area contributed by atoms with Crippen molar-refractivity contribution in [2.45, 2.75) is 103 Å². The fraction of sp³-hybridized carbons (Fsp3) is 0.739. The van der Waals surface area contributed by atoms with Crippen LogP contribution in [-0.4, -0.2) is 95.1 Å². The molecule has 0 aliphatic carbocycles. The summed E-state index contributed by atoms with van der Waals surface area (Å²) in [6, 6.07) is -2.40. The van der Waals surface area contributed by atoms with E-state index in [4.69, 9.17) is 30.5 Å². The van der Waals surface area contributed by atoms with E-state index in [1.165, 1.54) is 13.8 Å². The van der Waals surface area contributed by atoms with E-state index in [-0.39, 0.29) is 0 Å². The van der Waals surface area contributed by atoms with Crippen molar-refractivity contribution >= 4 is 42.0 Å². The zero-order valence-corrected chi connectivity index (χ0v) is 24.8. The number of esters is 2. The van der Waals surface area contributed by atoms with E-state index in [0.717, 1.165) is 0 Å². The molecule has 18 heteroatoms. The zero-order valence-electron chi connectivity index (χ0n) is 23.1. The zero-order chi connectivity index (χ0) is 31.4. The molecule has 234 valence electrons. The minimum absolute atomic E-state index is 0.318. The van der Waals surface area contributed by atoms with Gasteiger partial charge in [-0.1, -0.05) is 0 Å². The lowest BCUT2D eigenvalue weighted by molar-refractivity contribution is -0.192. The molecule has 0 saturated carbocycles. The molecule has 1 fully saturated rings. The van der Waals surface area contributed by atoms with Crippen LogP contribution in [0.25, 0.3) is 0 Å². The van der Waals surface area contributed by atoms with E-state index < -0.39 is 104 Å². The van der Waals surface area contributed by atoms with E-state index in [9.17, 15) is 37.5 Å². The summed E-state index contributed by atoms with van der Waals surface area (Å²) in [5, 5.41) is 15.6. The number of rotatable bonds is 13. The maximum atomic E-state index is 15.4. The number of carbonyl (C=O) groups excluding carboxylic acids is 4. The molecule has 6 atom stereocenters. The van der Waals surface area contributed by atoms with E-state index in [1.807, 2.05) is 0 Å². The topological polar surface area (TPSA) is 153 Å². The maximum Gasteiger partial charge on any atom is 0.323 e. The fourth-order valence-electron chi connectivity index (χ4n) is 3.75. The highest BCUT2D eigenvalue weighted by atomic mass is 32.4. The van der Waals surface area contributed by atoms with Crippen molar-refractivity contribution in [2.24, 2.45) is 0 Å². The van der Waals surface area contributed by atoms with Gasteiger partial charge in [-0.15, -0.1) is 0 Å². The molecule has 2 rings (SSSR count). The van der Waals surface area contributed by atoms with E-state index in [1.54, 1.807) is 27.7 Å². The van der Waals surface area contributed by atoms with Crippen molar-refractivity contribution in [1.82, 2.24) is 15.1 Å². The highest BCUT2D eigenvalue weighted by molar-refractivity contribution is 8.10. The van der Waals surface area contributed by atoms with Gasteiger partial charge in [0.1, 0.15) is 18.2 Å². The number of amides is 1. The number of alkyl halides is 3. The van der Waals surface area contributed by atoms with Gasteiger partial charge in [0.15, 0.2) is 30.4 Å². The number of nitrogens with zero attached hydrogens (tertiary/aromatic N) is 1. The molecule has 1 saturated heterocycles. The first kappa shape index (κ1) is 35.2. The smallest absolute Gasteiger partial charge is 0.323 e. The molecule has 2 aliphatic rings. The van der Waals surface area contributed by atoms with Crippen LogP contribution in [0.15, 0.2) is 12.0 Å². The highest BCUT2D eigenvalue weighted by Crippen LogP contribution is 2.46. The lowest BCUT2D eigenvalue weighted by atomic mass is 9.98. The lowest BCUT2D eigenvalue weighted by Crippen LogP contribution is -2.52. The first-order valence-corrected chi connectivity index (χ1v) is 15.3. The number of nitrogens with one attached hydrogen (secondary N) is 2. The summed E-state index contributed by atoms with van der Waals surface area (Å²) in [4.78, 5) is 48.8. The predicted octanol–water partition coefficient (Wildman–Crippen LogP) is 1.76. The third kappa shape index (κ3) is 8.52. The van der Waals surface area contributed by atoms with E-state index >= 15 is 4.39 Å². The summed E-state index contributed by atoms with van der Waals surface area (Å²) in [5.41, 5.74) is -3.24. The number of ether oxygens (including phenoxy) is 3. The molecular weight excluding hydrogens is 601 g/mol. The van der Waals surface area contributed by atoms with Gasteiger partial charge in [0.2, 0.25) is 11.7 Å². The summed E-state index contributed by atoms with van der Waals surface area (Å²) < 4.78 is 79.0. The van der Waals surface area contributed by atoms with Gasteiger partial charge in [0.25, 0.3) is 6.43 Å². The van der Waals surface area contributed by atoms with Crippen molar-refractivity contribution in [3.8, 4) is 0 Å². The number of aliphatic hydroxyl groups excluding tert-OH is 1. The Morgan fingerprint density at radius 2 is 1.61 bits per heavy atom. The molecule has 12 nitrogen and oxygen atoms in total. The largest absolute Gasteiger partial charge is 0.462 e. The Kier molecular flexibility index (Phi) is 12.0. The molecule has 3 N–H and O–H groups in total. The van der Waals surface area contributed by atoms with Gasteiger partial charge in [-0.2, -0.15) is 0 Å². The number of hydrogen-bond donors (Lipinski definition) is 3.